The normalized spacial score (nSPS) is 34.2. The smallest absolute Gasteiger partial charge is 0.183 e. The van der Waals surface area contributed by atoms with E-state index >= 15 is 0 Å². The van der Waals surface area contributed by atoms with Gasteiger partial charge in [0.15, 0.2) is 6.29 Å². The minimum absolute atomic E-state index is 0.151. The average Bonchev–Trinajstić information content (AvgIpc) is 3.22. The zero-order valence-corrected chi connectivity index (χ0v) is 13.2. The number of thiophene rings is 1. The van der Waals surface area contributed by atoms with Crippen molar-refractivity contribution in [3.8, 4) is 0 Å². The molecular weight excluding hydrogens is 326 g/mol. The first-order valence-electron chi connectivity index (χ1n) is 7.13. The SMILES string of the molecule is O[C@H]1[C@H](NCc2cccs2)[C@H]2CO[C@H](O2)[C@@H]1n1cc(Cl)cn1. The van der Waals surface area contributed by atoms with E-state index in [0.29, 0.717) is 18.2 Å². The molecule has 8 heteroatoms. The maximum Gasteiger partial charge on any atom is 0.183 e. The van der Waals surface area contributed by atoms with Crippen LogP contribution in [0.25, 0.3) is 0 Å². The van der Waals surface area contributed by atoms with Gasteiger partial charge >= 0.3 is 0 Å². The van der Waals surface area contributed by atoms with Crippen molar-refractivity contribution in [2.24, 2.45) is 0 Å². The lowest BCUT2D eigenvalue weighted by atomic mass is 9.96. The Morgan fingerprint density at radius 2 is 2.45 bits per heavy atom. The van der Waals surface area contributed by atoms with Gasteiger partial charge in [-0.25, -0.2) is 0 Å². The fraction of sp³-hybridized carbons (Fsp3) is 0.500. The van der Waals surface area contributed by atoms with Crippen molar-refractivity contribution in [1.82, 2.24) is 15.1 Å². The second-order valence-electron chi connectivity index (χ2n) is 5.48. The first-order chi connectivity index (χ1) is 10.7. The topological polar surface area (TPSA) is 68.5 Å². The fourth-order valence-electron chi connectivity index (χ4n) is 3.04. The van der Waals surface area contributed by atoms with E-state index in [-0.39, 0.29) is 12.1 Å². The Balaban J connectivity index is 1.53. The van der Waals surface area contributed by atoms with E-state index in [0.717, 1.165) is 0 Å². The molecule has 2 fully saturated rings. The van der Waals surface area contributed by atoms with Gasteiger partial charge in [0.1, 0.15) is 12.1 Å². The van der Waals surface area contributed by atoms with E-state index < -0.39 is 18.4 Å². The van der Waals surface area contributed by atoms with Crippen LogP contribution in [0.4, 0.5) is 0 Å². The molecule has 0 amide bonds. The highest BCUT2D eigenvalue weighted by molar-refractivity contribution is 7.09. The molecule has 22 heavy (non-hydrogen) atoms. The number of nitrogens with zero attached hydrogens (tertiary/aromatic N) is 2. The van der Waals surface area contributed by atoms with Crippen LogP contribution in [0.2, 0.25) is 5.02 Å². The number of halogens is 1. The minimum Gasteiger partial charge on any atom is -0.389 e. The number of hydrogen-bond acceptors (Lipinski definition) is 6. The molecule has 0 aliphatic carbocycles. The highest BCUT2D eigenvalue weighted by Crippen LogP contribution is 2.35. The fourth-order valence-corrected chi connectivity index (χ4v) is 3.84. The van der Waals surface area contributed by atoms with E-state index in [9.17, 15) is 5.11 Å². The Hall–Kier alpha value is -0.960. The third-order valence-corrected chi connectivity index (χ3v) is 5.17. The van der Waals surface area contributed by atoms with Crippen LogP contribution in [0.3, 0.4) is 0 Å². The standard InChI is InChI=1S/C14H16ClN3O3S/c15-8-4-17-18(6-8)12-13(19)11(10-7-20-14(12)21-10)16-5-9-2-1-3-22-9/h1-4,6,10-14,16,19H,5,7H2/t10-,11-,12-,13+,14-/m1/s1. The minimum atomic E-state index is -0.665. The molecule has 4 heterocycles. The predicted octanol–water partition coefficient (Wildman–Crippen LogP) is 1.41. The highest BCUT2D eigenvalue weighted by Gasteiger charge is 2.51. The van der Waals surface area contributed by atoms with Gasteiger partial charge in [0.25, 0.3) is 0 Å². The first-order valence-corrected chi connectivity index (χ1v) is 8.39. The lowest BCUT2D eigenvalue weighted by Crippen LogP contribution is -2.57. The molecule has 2 N–H and O–H groups in total. The van der Waals surface area contributed by atoms with Crippen molar-refractivity contribution in [3.63, 3.8) is 0 Å². The largest absolute Gasteiger partial charge is 0.389 e. The van der Waals surface area contributed by atoms with Crippen LogP contribution in [0, 0.1) is 0 Å². The van der Waals surface area contributed by atoms with Gasteiger partial charge in [0.2, 0.25) is 0 Å². The highest BCUT2D eigenvalue weighted by atomic mass is 35.5. The van der Waals surface area contributed by atoms with Crippen LogP contribution in [0.15, 0.2) is 29.9 Å². The van der Waals surface area contributed by atoms with Crippen LogP contribution in [0.1, 0.15) is 10.9 Å². The van der Waals surface area contributed by atoms with E-state index in [4.69, 9.17) is 21.1 Å². The number of aliphatic hydroxyl groups is 1. The molecule has 0 saturated carbocycles. The van der Waals surface area contributed by atoms with Crippen LogP contribution in [-0.2, 0) is 16.0 Å². The molecule has 5 atom stereocenters. The van der Waals surface area contributed by atoms with Crippen LogP contribution >= 0.6 is 22.9 Å². The summed E-state index contributed by atoms with van der Waals surface area (Å²) in [6, 6.07) is 3.45. The van der Waals surface area contributed by atoms with Crippen molar-refractivity contribution in [2.75, 3.05) is 6.61 Å². The van der Waals surface area contributed by atoms with Crippen molar-refractivity contribution in [3.05, 3.63) is 39.8 Å². The summed E-state index contributed by atoms with van der Waals surface area (Å²) in [7, 11) is 0. The molecule has 2 saturated heterocycles. The summed E-state index contributed by atoms with van der Waals surface area (Å²) in [6.45, 7) is 1.16. The number of rotatable bonds is 4. The second kappa shape index (κ2) is 5.92. The van der Waals surface area contributed by atoms with Gasteiger partial charge < -0.3 is 19.9 Å². The molecule has 2 bridgehead atoms. The maximum absolute atomic E-state index is 10.8. The molecule has 2 aliphatic rings. The van der Waals surface area contributed by atoms with Crippen molar-refractivity contribution >= 4 is 22.9 Å². The lowest BCUT2D eigenvalue weighted by molar-refractivity contribution is -0.168. The number of nitrogens with one attached hydrogen (secondary N) is 1. The van der Waals surface area contributed by atoms with Crippen molar-refractivity contribution in [1.29, 1.82) is 0 Å². The monoisotopic (exact) mass is 341 g/mol. The van der Waals surface area contributed by atoms with E-state index in [1.807, 2.05) is 11.4 Å². The Kier molecular flexibility index (Phi) is 3.93. The molecule has 2 aliphatic heterocycles. The van der Waals surface area contributed by atoms with Crippen LogP contribution < -0.4 is 5.32 Å². The number of aromatic nitrogens is 2. The van der Waals surface area contributed by atoms with Crippen LogP contribution in [-0.4, -0.2) is 46.0 Å². The molecule has 0 spiro atoms. The Morgan fingerprint density at radius 3 is 3.18 bits per heavy atom. The molecule has 0 aromatic carbocycles. The maximum atomic E-state index is 10.8. The summed E-state index contributed by atoms with van der Waals surface area (Å²) in [5.74, 6) is 0. The number of hydrogen-bond donors (Lipinski definition) is 2. The average molecular weight is 342 g/mol. The molecule has 0 unspecified atom stereocenters. The zero-order chi connectivity index (χ0) is 15.1. The molecular formula is C14H16ClN3O3S. The van der Waals surface area contributed by atoms with Crippen LogP contribution in [0.5, 0.6) is 0 Å². The number of ether oxygens (including phenoxy) is 2. The van der Waals surface area contributed by atoms with E-state index in [1.54, 1.807) is 28.4 Å². The van der Waals surface area contributed by atoms with Gasteiger partial charge in [0.05, 0.1) is 30.0 Å². The number of aliphatic hydroxyl groups excluding tert-OH is 1. The van der Waals surface area contributed by atoms with E-state index in [1.165, 1.54) is 4.88 Å². The third-order valence-electron chi connectivity index (χ3n) is 4.10. The summed E-state index contributed by atoms with van der Waals surface area (Å²) in [5, 5.41) is 20.9. The first kappa shape index (κ1) is 14.6. The van der Waals surface area contributed by atoms with Gasteiger partial charge in [-0.05, 0) is 11.4 Å². The molecule has 0 radical (unpaired) electrons. The number of fused-ring (bicyclic) bond motifs is 2. The molecule has 2 aromatic heterocycles. The summed E-state index contributed by atoms with van der Waals surface area (Å²) < 4.78 is 13.2. The van der Waals surface area contributed by atoms with E-state index in [2.05, 4.69) is 16.5 Å². The predicted molar refractivity (Wildman–Crippen MR) is 81.8 cm³/mol. The van der Waals surface area contributed by atoms with Crippen molar-refractivity contribution in [2.45, 2.75) is 37.1 Å². The molecule has 6 nitrogen and oxygen atoms in total. The Labute approximate surface area is 136 Å². The quantitative estimate of drug-likeness (QED) is 0.880. The zero-order valence-electron chi connectivity index (χ0n) is 11.6. The van der Waals surface area contributed by atoms with Gasteiger partial charge in [0, 0.05) is 17.6 Å². The van der Waals surface area contributed by atoms with Crippen molar-refractivity contribution < 1.29 is 14.6 Å². The Bertz CT molecular complexity index is 635. The van der Waals surface area contributed by atoms with Gasteiger partial charge in [-0.2, -0.15) is 5.10 Å². The second-order valence-corrected chi connectivity index (χ2v) is 6.95. The summed E-state index contributed by atoms with van der Waals surface area (Å²) in [5.41, 5.74) is 0. The molecule has 2 aromatic rings. The summed E-state index contributed by atoms with van der Waals surface area (Å²) >= 11 is 7.61. The van der Waals surface area contributed by atoms with Gasteiger partial charge in [-0.1, -0.05) is 17.7 Å². The Morgan fingerprint density at radius 1 is 1.55 bits per heavy atom. The molecule has 4 rings (SSSR count). The van der Waals surface area contributed by atoms with Gasteiger partial charge in [-0.3, -0.25) is 4.68 Å². The summed E-state index contributed by atoms with van der Waals surface area (Å²) in [6.07, 6.45) is 1.92. The lowest BCUT2D eigenvalue weighted by Gasteiger charge is -2.38. The summed E-state index contributed by atoms with van der Waals surface area (Å²) in [4.78, 5) is 1.21. The van der Waals surface area contributed by atoms with Gasteiger partial charge in [-0.15, -0.1) is 11.3 Å². The third kappa shape index (κ3) is 2.58. The molecule has 118 valence electrons.